The van der Waals surface area contributed by atoms with Crippen molar-refractivity contribution in [1.29, 1.82) is 0 Å². The van der Waals surface area contributed by atoms with Crippen molar-refractivity contribution in [1.82, 2.24) is 9.88 Å². The maximum atomic E-state index is 12.3. The average Bonchev–Trinajstić information content (AvgIpc) is 2.39. The van der Waals surface area contributed by atoms with Gasteiger partial charge >= 0.3 is 0 Å². The van der Waals surface area contributed by atoms with E-state index in [2.05, 4.69) is 36.8 Å². The minimum absolute atomic E-state index is 0.195. The van der Waals surface area contributed by atoms with E-state index in [0.717, 1.165) is 6.20 Å². The Balaban J connectivity index is 3.32. The Morgan fingerprint density at radius 2 is 2.05 bits per heavy atom. The van der Waals surface area contributed by atoms with Crippen LogP contribution < -0.4 is 0 Å². The molecule has 19 heavy (non-hydrogen) atoms. The molecule has 1 heterocycles. The van der Waals surface area contributed by atoms with Crippen molar-refractivity contribution in [2.24, 2.45) is 0 Å². The summed E-state index contributed by atoms with van der Waals surface area (Å²) in [6.45, 7) is 4.77. The van der Waals surface area contributed by atoms with Crippen LogP contribution in [0.4, 0.5) is 5.69 Å². The second kappa shape index (κ2) is 6.95. The first-order chi connectivity index (χ1) is 8.92. The lowest BCUT2D eigenvalue weighted by atomic mass is 10.1. The molecule has 0 aliphatic heterocycles. The molecule has 1 aromatic rings. The van der Waals surface area contributed by atoms with Gasteiger partial charge in [-0.05, 0) is 13.8 Å². The third kappa shape index (κ3) is 3.73. The van der Waals surface area contributed by atoms with E-state index >= 15 is 0 Å². The minimum atomic E-state index is -0.562. The number of nitro groups is 1. The van der Waals surface area contributed by atoms with Gasteiger partial charge in [0.1, 0.15) is 9.93 Å². The molecular formula is C11H13Br2N3O3. The molecule has 0 spiro atoms. The Hall–Kier alpha value is -1.02. The third-order valence-corrected chi connectivity index (χ3v) is 3.47. The quantitative estimate of drug-likeness (QED) is 0.436. The number of carbonyl (C=O) groups excluding carboxylic acids is 1. The number of alkyl halides is 2. The van der Waals surface area contributed by atoms with Crippen molar-refractivity contribution >= 4 is 43.5 Å². The van der Waals surface area contributed by atoms with Crippen LogP contribution in [0.5, 0.6) is 0 Å². The summed E-state index contributed by atoms with van der Waals surface area (Å²) in [6.07, 6.45) is 1.14. The van der Waals surface area contributed by atoms with Crippen LogP contribution in [-0.4, -0.2) is 33.8 Å². The molecule has 0 aromatic carbocycles. The molecule has 0 N–H and O–H groups in total. The highest BCUT2D eigenvalue weighted by Crippen LogP contribution is 2.32. The molecule has 104 valence electrons. The molecule has 0 saturated heterocycles. The summed E-state index contributed by atoms with van der Waals surface area (Å²) in [5, 5.41) is 10.8. The predicted octanol–water partition coefficient (Wildman–Crippen LogP) is 3.26. The maximum Gasteiger partial charge on any atom is 0.288 e. The van der Waals surface area contributed by atoms with E-state index in [-0.39, 0.29) is 20.9 Å². The molecule has 0 radical (unpaired) electrons. The van der Waals surface area contributed by atoms with Crippen LogP contribution in [-0.2, 0) is 0 Å². The van der Waals surface area contributed by atoms with Gasteiger partial charge in [-0.2, -0.15) is 0 Å². The van der Waals surface area contributed by atoms with Crippen LogP contribution in [0.3, 0.4) is 0 Å². The van der Waals surface area contributed by atoms with Gasteiger partial charge in [0, 0.05) is 19.2 Å². The van der Waals surface area contributed by atoms with Crippen molar-refractivity contribution in [3.63, 3.8) is 0 Å². The summed E-state index contributed by atoms with van der Waals surface area (Å²) in [4.78, 5) is 28.1. The van der Waals surface area contributed by atoms with E-state index in [9.17, 15) is 14.9 Å². The Kier molecular flexibility index (Phi) is 5.86. The lowest BCUT2D eigenvalue weighted by molar-refractivity contribution is -0.385. The molecule has 0 aliphatic rings. The second-order valence-corrected chi connectivity index (χ2v) is 6.72. The van der Waals surface area contributed by atoms with Gasteiger partial charge in [0.25, 0.3) is 11.6 Å². The van der Waals surface area contributed by atoms with Crippen molar-refractivity contribution in [3.05, 3.63) is 33.6 Å². The average molecular weight is 395 g/mol. The molecule has 0 atom stereocenters. The number of pyridine rings is 1. The highest BCUT2D eigenvalue weighted by molar-refractivity contribution is 9.24. The fourth-order valence-corrected chi connectivity index (χ4v) is 2.32. The van der Waals surface area contributed by atoms with Crippen LogP contribution in [0.1, 0.15) is 33.6 Å². The van der Waals surface area contributed by atoms with Crippen molar-refractivity contribution in [3.8, 4) is 0 Å². The summed E-state index contributed by atoms with van der Waals surface area (Å²) in [7, 11) is 0. The maximum absolute atomic E-state index is 12.3. The molecule has 0 fully saturated rings. The number of nitrogens with zero attached hydrogens (tertiary/aromatic N) is 3. The Morgan fingerprint density at radius 3 is 2.47 bits per heavy atom. The van der Waals surface area contributed by atoms with Gasteiger partial charge in [-0.25, -0.2) is 0 Å². The topological polar surface area (TPSA) is 76.3 Å². The summed E-state index contributed by atoms with van der Waals surface area (Å²) >= 11 is 6.54. The van der Waals surface area contributed by atoms with Crippen LogP contribution in [0.15, 0.2) is 12.3 Å². The standard InChI is InChI=1S/C11H13Br2N3O3/c1-3-15(4-2)11(17)8-5-7(16(18)19)6-14-9(8)10(12)13/h5-6,10H,3-4H2,1-2H3. The summed E-state index contributed by atoms with van der Waals surface area (Å²) in [6, 6.07) is 1.26. The van der Waals surface area contributed by atoms with Crippen LogP contribution in [0.2, 0.25) is 0 Å². The fourth-order valence-electron chi connectivity index (χ4n) is 1.59. The predicted molar refractivity (Wildman–Crippen MR) is 78.7 cm³/mol. The zero-order valence-electron chi connectivity index (χ0n) is 10.5. The summed E-state index contributed by atoms with van der Waals surface area (Å²) in [5.41, 5.74) is 0.471. The van der Waals surface area contributed by atoms with Crippen molar-refractivity contribution < 1.29 is 9.72 Å². The first-order valence-electron chi connectivity index (χ1n) is 5.64. The number of carbonyl (C=O) groups is 1. The van der Waals surface area contributed by atoms with Gasteiger partial charge < -0.3 is 4.90 Å². The van der Waals surface area contributed by atoms with E-state index in [1.54, 1.807) is 4.90 Å². The molecule has 0 unspecified atom stereocenters. The Labute approximate surface area is 127 Å². The summed E-state index contributed by atoms with van der Waals surface area (Å²) in [5.74, 6) is -0.264. The van der Waals surface area contributed by atoms with Crippen LogP contribution >= 0.6 is 31.9 Å². The van der Waals surface area contributed by atoms with Crippen molar-refractivity contribution in [2.45, 2.75) is 17.6 Å². The molecular weight excluding hydrogens is 382 g/mol. The zero-order valence-corrected chi connectivity index (χ0v) is 13.6. The molecule has 0 aliphatic carbocycles. The molecule has 6 nitrogen and oxygen atoms in total. The highest BCUT2D eigenvalue weighted by Gasteiger charge is 2.23. The minimum Gasteiger partial charge on any atom is -0.339 e. The van der Waals surface area contributed by atoms with Gasteiger partial charge in [-0.3, -0.25) is 19.9 Å². The third-order valence-electron chi connectivity index (χ3n) is 2.60. The number of rotatable bonds is 5. The summed E-state index contributed by atoms with van der Waals surface area (Å²) < 4.78 is -0.338. The molecule has 0 saturated carbocycles. The van der Waals surface area contributed by atoms with Crippen LogP contribution in [0.25, 0.3) is 0 Å². The molecule has 1 amide bonds. The zero-order chi connectivity index (χ0) is 14.6. The van der Waals surface area contributed by atoms with Crippen molar-refractivity contribution in [2.75, 3.05) is 13.1 Å². The SMILES string of the molecule is CCN(CC)C(=O)c1cc([N+](=O)[O-])cnc1C(Br)Br. The molecule has 8 heteroatoms. The lowest BCUT2D eigenvalue weighted by Gasteiger charge is -2.20. The van der Waals surface area contributed by atoms with E-state index in [1.165, 1.54) is 6.07 Å². The van der Waals surface area contributed by atoms with Gasteiger partial charge in [0.2, 0.25) is 0 Å². The van der Waals surface area contributed by atoms with E-state index in [4.69, 9.17) is 0 Å². The number of aromatic nitrogens is 1. The normalized spacial score (nSPS) is 10.6. The van der Waals surface area contributed by atoms with Gasteiger partial charge in [0.15, 0.2) is 0 Å². The number of halogens is 2. The molecule has 0 bridgehead atoms. The van der Waals surface area contributed by atoms with E-state index in [0.29, 0.717) is 18.8 Å². The fraction of sp³-hybridized carbons (Fsp3) is 0.455. The van der Waals surface area contributed by atoms with Gasteiger partial charge in [0.05, 0.1) is 16.2 Å². The van der Waals surface area contributed by atoms with Gasteiger partial charge in [-0.1, -0.05) is 31.9 Å². The van der Waals surface area contributed by atoms with Gasteiger partial charge in [-0.15, -0.1) is 0 Å². The number of amides is 1. The molecule has 1 rings (SSSR count). The highest BCUT2D eigenvalue weighted by atomic mass is 79.9. The Bertz CT molecular complexity index is 490. The smallest absolute Gasteiger partial charge is 0.288 e. The van der Waals surface area contributed by atoms with E-state index < -0.39 is 4.92 Å². The second-order valence-electron chi connectivity index (χ2n) is 3.66. The number of hydrogen-bond acceptors (Lipinski definition) is 4. The van der Waals surface area contributed by atoms with E-state index in [1.807, 2.05) is 13.8 Å². The Morgan fingerprint density at radius 1 is 1.47 bits per heavy atom. The lowest BCUT2D eigenvalue weighted by Crippen LogP contribution is -2.31. The van der Waals surface area contributed by atoms with Crippen LogP contribution in [0, 0.1) is 10.1 Å². The monoisotopic (exact) mass is 393 g/mol. The number of hydrogen-bond donors (Lipinski definition) is 0. The first-order valence-corrected chi connectivity index (χ1v) is 7.47. The first kappa shape index (κ1) is 16.0. The molecule has 1 aromatic heterocycles. The largest absolute Gasteiger partial charge is 0.339 e.